The van der Waals surface area contributed by atoms with Crippen LogP contribution in [-0.4, -0.2) is 56.6 Å². The Hall–Kier alpha value is -2.48. The summed E-state index contributed by atoms with van der Waals surface area (Å²) in [6.45, 7) is 4.78. The van der Waals surface area contributed by atoms with Crippen LogP contribution in [0.15, 0.2) is 29.2 Å². The van der Waals surface area contributed by atoms with E-state index in [1.807, 2.05) is 39.2 Å². The van der Waals surface area contributed by atoms with Crippen molar-refractivity contribution in [1.29, 1.82) is 0 Å². The van der Waals surface area contributed by atoms with Crippen LogP contribution >= 0.6 is 11.3 Å². The quantitative estimate of drug-likeness (QED) is 0.712. The third-order valence-corrected chi connectivity index (χ3v) is 4.80. The number of aryl methyl sites for hydroxylation is 1. The number of hydrogen-bond donors (Lipinski definition) is 0. The first-order valence-electron chi connectivity index (χ1n) is 7.47. The molecule has 23 heavy (non-hydrogen) atoms. The highest BCUT2D eigenvalue weighted by atomic mass is 32.1. The summed E-state index contributed by atoms with van der Waals surface area (Å²) >= 11 is 1.55. The molecule has 1 aliphatic rings. The molecule has 4 rings (SSSR count). The van der Waals surface area contributed by atoms with E-state index < -0.39 is 0 Å². The Morgan fingerprint density at radius 3 is 2.78 bits per heavy atom. The zero-order valence-electron chi connectivity index (χ0n) is 12.7. The van der Waals surface area contributed by atoms with Crippen LogP contribution in [0.3, 0.4) is 0 Å². The zero-order chi connectivity index (χ0) is 15.8. The molecule has 0 atom stereocenters. The summed E-state index contributed by atoms with van der Waals surface area (Å²) in [4.78, 5) is 20.9. The molecule has 1 aliphatic heterocycles. The first-order valence-corrected chi connectivity index (χ1v) is 8.41. The van der Waals surface area contributed by atoms with E-state index in [2.05, 4.69) is 20.1 Å². The van der Waals surface area contributed by atoms with Crippen LogP contribution < -0.4 is 4.90 Å². The number of amides is 1. The summed E-state index contributed by atoms with van der Waals surface area (Å²) in [7, 11) is 0. The number of rotatable bonds is 2. The predicted molar refractivity (Wildman–Crippen MR) is 88.0 cm³/mol. The minimum Gasteiger partial charge on any atom is -0.350 e. The molecule has 3 aromatic rings. The van der Waals surface area contributed by atoms with Crippen molar-refractivity contribution in [2.45, 2.75) is 6.92 Å². The Morgan fingerprint density at radius 1 is 1.22 bits per heavy atom. The molecular formula is C15H16N6OS. The van der Waals surface area contributed by atoms with Gasteiger partial charge >= 0.3 is 0 Å². The Balaban J connectivity index is 1.52. The van der Waals surface area contributed by atoms with Gasteiger partial charge in [-0.05, 0) is 18.4 Å². The third-order valence-electron chi connectivity index (χ3n) is 4.11. The molecule has 0 saturated carbocycles. The predicted octanol–water partition coefficient (Wildman–Crippen LogP) is 1.46. The lowest BCUT2D eigenvalue weighted by atomic mass is 10.2. The number of carbonyl (C=O) groups excluding carboxylic acids is 1. The first kappa shape index (κ1) is 14.1. The lowest BCUT2D eigenvalue weighted by Crippen LogP contribution is -2.49. The molecular weight excluding hydrogens is 312 g/mol. The van der Waals surface area contributed by atoms with Gasteiger partial charge in [-0.25, -0.2) is 4.98 Å². The number of aromatic nitrogens is 4. The summed E-state index contributed by atoms with van der Waals surface area (Å²) in [5.74, 6) is 1.78. The number of anilines is 1. The molecule has 0 N–H and O–H groups in total. The third kappa shape index (κ3) is 2.44. The van der Waals surface area contributed by atoms with Crippen LogP contribution in [0, 0.1) is 6.92 Å². The fraction of sp³-hybridized carbons (Fsp3) is 0.333. The van der Waals surface area contributed by atoms with Crippen LogP contribution in [0.25, 0.3) is 5.65 Å². The standard InChI is InChI=1S/C15H16N6OS/c1-11-17-18-14-13(16-3-4-21(11)14)19-5-7-20(8-6-19)15(22)12-2-9-23-10-12/h2-4,9-10H,5-8H2,1H3. The maximum Gasteiger partial charge on any atom is 0.254 e. The van der Waals surface area contributed by atoms with Gasteiger partial charge in [0.05, 0.1) is 5.56 Å². The number of fused-ring (bicyclic) bond motifs is 1. The topological polar surface area (TPSA) is 66.6 Å². The monoisotopic (exact) mass is 328 g/mol. The van der Waals surface area contributed by atoms with E-state index >= 15 is 0 Å². The average Bonchev–Trinajstić information content (AvgIpc) is 3.25. The molecule has 0 radical (unpaired) electrons. The van der Waals surface area contributed by atoms with Crippen molar-refractivity contribution in [1.82, 2.24) is 24.5 Å². The molecule has 1 amide bonds. The summed E-state index contributed by atoms with van der Waals surface area (Å²) in [5.41, 5.74) is 1.54. The van der Waals surface area contributed by atoms with Gasteiger partial charge in [-0.2, -0.15) is 11.3 Å². The molecule has 118 valence electrons. The molecule has 8 heteroatoms. The molecule has 3 aromatic heterocycles. The normalized spacial score (nSPS) is 15.3. The Kier molecular flexibility index (Phi) is 3.45. The number of nitrogens with zero attached hydrogens (tertiary/aromatic N) is 6. The number of carbonyl (C=O) groups is 1. The molecule has 0 aliphatic carbocycles. The van der Waals surface area contributed by atoms with Crippen LogP contribution in [0.1, 0.15) is 16.2 Å². The van der Waals surface area contributed by atoms with Gasteiger partial charge in [0.15, 0.2) is 5.82 Å². The number of hydrogen-bond acceptors (Lipinski definition) is 6. The van der Waals surface area contributed by atoms with Crippen LogP contribution in [0.5, 0.6) is 0 Å². The second kappa shape index (κ2) is 5.62. The lowest BCUT2D eigenvalue weighted by molar-refractivity contribution is 0.0747. The summed E-state index contributed by atoms with van der Waals surface area (Å²) in [5, 5.41) is 12.2. The summed E-state index contributed by atoms with van der Waals surface area (Å²) in [6.07, 6.45) is 3.63. The van der Waals surface area contributed by atoms with E-state index in [1.165, 1.54) is 0 Å². The second-order valence-electron chi connectivity index (χ2n) is 5.48. The summed E-state index contributed by atoms with van der Waals surface area (Å²) < 4.78 is 1.94. The average molecular weight is 328 g/mol. The first-order chi connectivity index (χ1) is 11.2. The molecule has 0 unspecified atom stereocenters. The molecule has 0 aromatic carbocycles. The van der Waals surface area contributed by atoms with Crippen molar-refractivity contribution in [3.05, 3.63) is 40.6 Å². The molecule has 7 nitrogen and oxygen atoms in total. The van der Waals surface area contributed by atoms with Crippen molar-refractivity contribution in [3.8, 4) is 0 Å². The molecule has 1 saturated heterocycles. The minimum atomic E-state index is 0.107. The van der Waals surface area contributed by atoms with Gasteiger partial charge in [0, 0.05) is 44.0 Å². The maximum absolute atomic E-state index is 12.4. The van der Waals surface area contributed by atoms with E-state index in [-0.39, 0.29) is 5.91 Å². The SMILES string of the molecule is Cc1nnc2c(N3CCN(C(=O)c4ccsc4)CC3)nccn12. The van der Waals surface area contributed by atoms with Crippen LogP contribution in [0.4, 0.5) is 5.82 Å². The maximum atomic E-state index is 12.4. The van der Waals surface area contributed by atoms with Crippen molar-refractivity contribution in [2.75, 3.05) is 31.1 Å². The smallest absolute Gasteiger partial charge is 0.254 e. The fourth-order valence-electron chi connectivity index (χ4n) is 2.84. The van der Waals surface area contributed by atoms with Gasteiger partial charge in [0.25, 0.3) is 5.91 Å². The Bertz CT molecular complexity index is 835. The van der Waals surface area contributed by atoms with Crippen molar-refractivity contribution in [2.24, 2.45) is 0 Å². The van der Waals surface area contributed by atoms with Crippen molar-refractivity contribution >= 4 is 28.7 Å². The highest BCUT2D eigenvalue weighted by Gasteiger charge is 2.24. The Morgan fingerprint density at radius 2 is 2.04 bits per heavy atom. The van der Waals surface area contributed by atoms with Gasteiger partial charge in [-0.1, -0.05) is 0 Å². The highest BCUT2D eigenvalue weighted by Crippen LogP contribution is 2.20. The Labute approximate surface area is 137 Å². The summed E-state index contributed by atoms with van der Waals surface area (Å²) in [6, 6.07) is 1.88. The zero-order valence-corrected chi connectivity index (χ0v) is 13.5. The molecule has 1 fully saturated rings. The molecule has 0 spiro atoms. The number of thiophene rings is 1. The van der Waals surface area contributed by atoms with Gasteiger partial charge in [-0.3, -0.25) is 9.20 Å². The van der Waals surface area contributed by atoms with Crippen molar-refractivity contribution in [3.63, 3.8) is 0 Å². The fourth-order valence-corrected chi connectivity index (χ4v) is 3.47. The van der Waals surface area contributed by atoms with Gasteiger partial charge in [-0.15, -0.1) is 10.2 Å². The second-order valence-corrected chi connectivity index (χ2v) is 6.26. The molecule has 4 heterocycles. The van der Waals surface area contributed by atoms with Crippen LogP contribution in [0.2, 0.25) is 0 Å². The highest BCUT2D eigenvalue weighted by molar-refractivity contribution is 7.08. The van der Waals surface area contributed by atoms with E-state index in [0.717, 1.165) is 35.9 Å². The van der Waals surface area contributed by atoms with Gasteiger partial charge in [0.2, 0.25) is 5.65 Å². The van der Waals surface area contributed by atoms with Gasteiger partial charge in [0.1, 0.15) is 5.82 Å². The van der Waals surface area contributed by atoms with E-state index in [1.54, 1.807) is 17.5 Å². The van der Waals surface area contributed by atoms with E-state index in [9.17, 15) is 4.79 Å². The van der Waals surface area contributed by atoms with Crippen molar-refractivity contribution < 1.29 is 4.79 Å². The minimum absolute atomic E-state index is 0.107. The van der Waals surface area contributed by atoms with Crippen LogP contribution in [-0.2, 0) is 0 Å². The lowest BCUT2D eigenvalue weighted by Gasteiger charge is -2.35. The van der Waals surface area contributed by atoms with E-state index in [4.69, 9.17) is 0 Å². The van der Waals surface area contributed by atoms with E-state index in [0.29, 0.717) is 13.1 Å². The molecule has 0 bridgehead atoms. The van der Waals surface area contributed by atoms with Gasteiger partial charge < -0.3 is 9.80 Å². The largest absolute Gasteiger partial charge is 0.350 e. The number of piperazine rings is 1.